The fraction of sp³-hybridized carbons (Fsp3) is 0.600. The fourth-order valence-electron chi connectivity index (χ4n) is 3.45. The average molecular weight is 283 g/mol. The lowest BCUT2D eigenvalue weighted by Crippen LogP contribution is -2.58. The first kappa shape index (κ1) is 13.3. The van der Waals surface area contributed by atoms with Gasteiger partial charge in [0.1, 0.15) is 5.82 Å². The monoisotopic (exact) mass is 282 g/mol. The molecule has 1 aromatic carbocycles. The van der Waals surface area contributed by atoms with E-state index in [9.17, 15) is 4.39 Å². The Hall–Kier alpha value is -0.640. The highest BCUT2D eigenvalue weighted by atomic mass is 35.5. The molecule has 0 aromatic heterocycles. The SMILES string of the molecule is Fc1ccc(CN2CCNC3(CCCC3)C2)c(Cl)c1. The zero-order valence-corrected chi connectivity index (χ0v) is 11.8. The Balaban J connectivity index is 1.69. The Labute approximate surface area is 118 Å². The maximum Gasteiger partial charge on any atom is 0.124 e. The van der Waals surface area contributed by atoms with Gasteiger partial charge in [0.2, 0.25) is 0 Å². The third kappa shape index (κ3) is 2.93. The van der Waals surface area contributed by atoms with Crippen molar-refractivity contribution in [3.63, 3.8) is 0 Å². The molecular weight excluding hydrogens is 263 g/mol. The molecule has 0 amide bonds. The second-order valence-electron chi connectivity index (χ2n) is 5.86. The van der Waals surface area contributed by atoms with Crippen molar-refractivity contribution >= 4 is 11.6 Å². The van der Waals surface area contributed by atoms with E-state index in [0.29, 0.717) is 10.6 Å². The van der Waals surface area contributed by atoms with Crippen LogP contribution in [0.1, 0.15) is 31.2 Å². The summed E-state index contributed by atoms with van der Waals surface area (Å²) in [6.07, 6.45) is 5.22. The summed E-state index contributed by atoms with van der Waals surface area (Å²) in [5, 5.41) is 4.24. The third-order valence-corrected chi connectivity index (χ3v) is 4.78. The summed E-state index contributed by atoms with van der Waals surface area (Å²) in [7, 11) is 0. The lowest BCUT2D eigenvalue weighted by Gasteiger charge is -2.41. The van der Waals surface area contributed by atoms with Crippen LogP contribution >= 0.6 is 11.6 Å². The second kappa shape index (κ2) is 5.39. The number of rotatable bonds is 2. The van der Waals surface area contributed by atoms with Gasteiger partial charge in [-0.15, -0.1) is 0 Å². The Bertz CT molecular complexity index is 457. The smallest absolute Gasteiger partial charge is 0.124 e. The van der Waals surface area contributed by atoms with Gasteiger partial charge in [0.25, 0.3) is 0 Å². The van der Waals surface area contributed by atoms with Crippen molar-refractivity contribution in [1.29, 1.82) is 0 Å². The molecule has 0 radical (unpaired) electrons. The van der Waals surface area contributed by atoms with Gasteiger partial charge in [-0.2, -0.15) is 0 Å². The van der Waals surface area contributed by atoms with Crippen LogP contribution < -0.4 is 5.32 Å². The molecule has 1 aromatic rings. The zero-order chi connectivity index (χ0) is 13.3. The summed E-state index contributed by atoms with van der Waals surface area (Å²) in [6, 6.07) is 4.71. The molecule has 1 aliphatic heterocycles. The van der Waals surface area contributed by atoms with Crippen LogP contribution in [0.25, 0.3) is 0 Å². The number of halogens is 2. The van der Waals surface area contributed by atoms with Crippen molar-refractivity contribution in [3.8, 4) is 0 Å². The number of hydrogen-bond acceptors (Lipinski definition) is 2. The highest BCUT2D eigenvalue weighted by molar-refractivity contribution is 6.31. The molecule has 0 unspecified atom stereocenters. The topological polar surface area (TPSA) is 15.3 Å². The molecule has 1 N–H and O–H groups in total. The highest BCUT2D eigenvalue weighted by Crippen LogP contribution is 2.32. The van der Waals surface area contributed by atoms with Gasteiger partial charge in [0, 0.05) is 36.7 Å². The van der Waals surface area contributed by atoms with Gasteiger partial charge in [-0.1, -0.05) is 30.5 Å². The Morgan fingerprint density at radius 1 is 1.32 bits per heavy atom. The van der Waals surface area contributed by atoms with E-state index < -0.39 is 0 Å². The van der Waals surface area contributed by atoms with Crippen molar-refractivity contribution in [2.24, 2.45) is 0 Å². The Kier molecular flexibility index (Phi) is 3.79. The normalized spacial score (nSPS) is 23.1. The van der Waals surface area contributed by atoms with Crippen LogP contribution in [-0.4, -0.2) is 30.1 Å². The van der Waals surface area contributed by atoms with E-state index in [2.05, 4.69) is 10.2 Å². The highest BCUT2D eigenvalue weighted by Gasteiger charge is 2.37. The maximum atomic E-state index is 13.1. The molecule has 4 heteroatoms. The van der Waals surface area contributed by atoms with E-state index in [4.69, 9.17) is 11.6 Å². The summed E-state index contributed by atoms with van der Waals surface area (Å²) in [4.78, 5) is 2.45. The molecule has 3 rings (SSSR count). The van der Waals surface area contributed by atoms with E-state index in [1.165, 1.54) is 37.8 Å². The van der Waals surface area contributed by atoms with Gasteiger partial charge in [-0.3, -0.25) is 4.90 Å². The van der Waals surface area contributed by atoms with Gasteiger partial charge in [-0.25, -0.2) is 4.39 Å². The average Bonchev–Trinajstić information content (AvgIpc) is 2.81. The summed E-state index contributed by atoms with van der Waals surface area (Å²) in [5.74, 6) is -0.263. The third-order valence-electron chi connectivity index (χ3n) is 4.42. The molecule has 2 fully saturated rings. The van der Waals surface area contributed by atoms with Crippen molar-refractivity contribution in [2.75, 3.05) is 19.6 Å². The number of piperazine rings is 1. The van der Waals surface area contributed by atoms with E-state index in [1.807, 2.05) is 0 Å². The first-order valence-corrected chi connectivity index (χ1v) is 7.46. The molecule has 104 valence electrons. The molecule has 0 atom stereocenters. The molecule has 2 nitrogen and oxygen atoms in total. The molecule has 1 saturated heterocycles. The summed E-state index contributed by atoms with van der Waals surface area (Å²) in [6.45, 7) is 3.98. The van der Waals surface area contributed by atoms with Crippen LogP contribution in [0.5, 0.6) is 0 Å². The molecular formula is C15H20ClFN2. The molecule has 19 heavy (non-hydrogen) atoms. The predicted molar refractivity (Wildman–Crippen MR) is 75.9 cm³/mol. The predicted octanol–water partition coefficient (Wildman–Crippen LogP) is 3.20. The van der Waals surface area contributed by atoms with E-state index in [-0.39, 0.29) is 5.82 Å². The van der Waals surface area contributed by atoms with Crippen LogP contribution in [0, 0.1) is 5.82 Å². The van der Waals surface area contributed by atoms with Crippen molar-refractivity contribution in [1.82, 2.24) is 10.2 Å². The minimum Gasteiger partial charge on any atom is -0.309 e. The zero-order valence-electron chi connectivity index (χ0n) is 11.1. The minimum absolute atomic E-state index is 0.263. The van der Waals surface area contributed by atoms with E-state index in [0.717, 1.165) is 31.7 Å². The number of nitrogens with one attached hydrogen (secondary N) is 1. The van der Waals surface area contributed by atoms with Crippen LogP contribution in [0.3, 0.4) is 0 Å². The lowest BCUT2D eigenvalue weighted by atomic mass is 9.94. The van der Waals surface area contributed by atoms with Gasteiger partial charge in [0.15, 0.2) is 0 Å². The number of benzene rings is 1. The first-order valence-electron chi connectivity index (χ1n) is 7.08. The Morgan fingerprint density at radius 3 is 2.84 bits per heavy atom. The van der Waals surface area contributed by atoms with Gasteiger partial charge >= 0.3 is 0 Å². The van der Waals surface area contributed by atoms with Crippen LogP contribution in [0.15, 0.2) is 18.2 Å². The van der Waals surface area contributed by atoms with E-state index >= 15 is 0 Å². The lowest BCUT2D eigenvalue weighted by molar-refractivity contribution is 0.129. The molecule has 0 bridgehead atoms. The van der Waals surface area contributed by atoms with Crippen LogP contribution in [0.4, 0.5) is 4.39 Å². The molecule has 1 aliphatic carbocycles. The van der Waals surface area contributed by atoms with Crippen molar-refractivity contribution < 1.29 is 4.39 Å². The van der Waals surface area contributed by atoms with Crippen molar-refractivity contribution in [2.45, 2.75) is 37.8 Å². The van der Waals surface area contributed by atoms with Crippen molar-refractivity contribution in [3.05, 3.63) is 34.6 Å². The second-order valence-corrected chi connectivity index (χ2v) is 6.27. The first-order chi connectivity index (χ1) is 9.17. The largest absolute Gasteiger partial charge is 0.309 e. The molecule has 1 spiro atoms. The van der Waals surface area contributed by atoms with Gasteiger partial charge in [0.05, 0.1) is 0 Å². The fourth-order valence-corrected chi connectivity index (χ4v) is 3.68. The maximum absolute atomic E-state index is 13.1. The molecule has 2 aliphatic rings. The summed E-state index contributed by atoms with van der Waals surface area (Å²) in [5.41, 5.74) is 1.35. The van der Waals surface area contributed by atoms with Gasteiger partial charge < -0.3 is 5.32 Å². The summed E-state index contributed by atoms with van der Waals surface area (Å²) < 4.78 is 13.1. The molecule has 1 heterocycles. The standard InChI is InChI=1S/C15H20ClFN2/c16-14-9-13(17)4-3-12(14)10-19-8-7-18-15(11-19)5-1-2-6-15/h3-4,9,18H,1-2,5-8,10-11H2. The molecule has 1 saturated carbocycles. The summed E-state index contributed by atoms with van der Waals surface area (Å²) >= 11 is 6.12. The van der Waals surface area contributed by atoms with Crippen LogP contribution in [0.2, 0.25) is 5.02 Å². The van der Waals surface area contributed by atoms with Crippen LogP contribution in [-0.2, 0) is 6.54 Å². The number of nitrogens with zero attached hydrogens (tertiary/aromatic N) is 1. The van der Waals surface area contributed by atoms with E-state index in [1.54, 1.807) is 6.07 Å². The number of hydrogen-bond donors (Lipinski definition) is 1. The quantitative estimate of drug-likeness (QED) is 0.896. The minimum atomic E-state index is -0.263. The van der Waals surface area contributed by atoms with Gasteiger partial charge in [-0.05, 0) is 30.5 Å². The Morgan fingerprint density at radius 2 is 2.11 bits per heavy atom.